The van der Waals surface area contributed by atoms with Gasteiger partial charge < -0.3 is 73.3 Å². The number of carbonyl (C=O) groups is 8. The number of aliphatic imine (C=N–C) groups is 4. The van der Waals surface area contributed by atoms with Gasteiger partial charge in [-0.3, -0.25) is 58.3 Å². The lowest BCUT2D eigenvalue weighted by atomic mass is 9.87. The molecule has 428 valence electrons. The van der Waals surface area contributed by atoms with Gasteiger partial charge in [0.05, 0.1) is 18.1 Å². The van der Waals surface area contributed by atoms with E-state index < -0.39 is 89.3 Å². The lowest BCUT2D eigenvalue weighted by Crippen LogP contribution is -2.49. The predicted octanol–water partition coefficient (Wildman–Crippen LogP) is -0.681. The van der Waals surface area contributed by atoms with Crippen molar-refractivity contribution < 1.29 is 38.4 Å². The van der Waals surface area contributed by atoms with Crippen molar-refractivity contribution in [2.45, 2.75) is 169 Å². The normalized spacial score (nSPS) is 14.4. The maximum Gasteiger partial charge on any atom is 0.224 e. The first kappa shape index (κ1) is 68.6. The zero-order valence-corrected chi connectivity index (χ0v) is 45.7. The molecule has 23 N–H and O–H groups in total. The lowest BCUT2D eigenvalue weighted by molar-refractivity contribution is -0.136. The lowest BCUT2D eigenvalue weighted by Gasteiger charge is -2.27. The summed E-state index contributed by atoms with van der Waals surface area (Å²) < 4.78 is 0. The molecule has 0 aliphatic carbocycles. The third-order valence-corrected chi connectivity index (χ3v) is 12.6. The zero-order chi connectivity index (χ0) is 57.2. The van der Waals surface area contributed by atoms with Crippen LogP contribution in [0.4, 0.5) is 0 Å². The van der Waals surface area contributed by atoms with Crippen LogP contribution < -0.4 is 73.3 Å². The summed E-state index contributed by atoms with van der Waals surface area (Å²) in [5.41, 5.74) is 55.5. The molecule has 25 nitrogen and oxygen atoms in total. The van der Waals surface area contributed by atoms with Gasteiger partial charge in [0.2, 0.25) is 23.6 Å². The third-order valence-electron chi connectivity index (χ3n) is 12.6. The van der Waals surface area contributed by atoms with E-state index in [1.807, 2.05) is 27.7 Å². The van der Waals surface area contributed by atoms with E-state index in [0.29, 0.717) is 45.2 Å². The summed E-state index contributed by atoms with van der Waals surface area (Å²) in [6.45, 7) is 11.9. The van der Waals surface area contributed by atoms with E-state index in [2.05, 4.69) is 35.9 Å². The third kappa shape index (κ3) is 32.5. The van der Waals surface area contributed by atoms with Gasteiger partial charge in [0.25, 0.3) is 0 Å². The summed E-state index contributed by atoms with van der Waals surface area (Å²) in [5.74, 6) is -8.46. The van der Waals surface area contributed by atoms with Crippen molar-refractivity contribution >= 4 is 70.6 Å². The van der Waals surface area contributed by atoms with Gasteiger partial charge in [-0.2, -0.15) is 0 Å². The number of hydrogen-bond acceptors (Lipinski definition) is 13. The predicted molar refractivity (Wildman–Crippen MR) is 294 cm³/mol. The van der Waals surface area contributed by atoms with Gasteiger partial charge in [-0.05, 0) is 95.4 Å². The van der Waals surface area contributed by atoms with Gasteiger partial charge in [-0.15, -0.1) is 0 Å². The topological polar surface area (TPSA) is 482 Å². The van der Waals surface area contributed by atoms with Crippen LogP contribution in [0.5, 0.6) is 0 Å². The van der Waals surface area contributed by atoms with Crippen LogP contribution in [0.3, 0.4) is 0 Å². The first-order valence-electron chi connectivity index (χ1n) is 26.4. The molecule has 0 saturated heterocycles. The number of guanidine groups is 4. The van der Waals surface area contributed by atoms with E-state index in [1.54, 1.807) is 6.92 Å². The fraction of sp³-hybridized carbons (Fsp3) is 0.760. The van der Waals surface area contributed by atoms with Gasteiger partial charge in [0, 0.05) is 81.5 Å². The average molecular weight is 1060 g/mol. The summed E-state index contributed by atoms with van der Waals surface area (Å²) in [4.78, 5) is 127. The number of Topliss-reactive ketones (excluding diaryl/α,β-unsaturated/α-hetero) is 4. The molecule has 0 radical (unpaired) electrons. The monoisotopic (exact) mass is 1060 g/mol. The molecule has 0 saturated carbocycles. The molecule has 75 heavy (non-hydrogen) atoms. The number of amides is 4. The first-order chi connectivity index (χ1) is 35.2. The molecule has 0 unspecified atom stereocenters. The van der Waals surface area contributed by atoms with Crippen LogP contribution in [0.25, 0.3) is 0 Å². The molecule has 0 heterocycles. The molecule has 0 aliphatic rings. The standard InChI is InChI=1S/C50H95N17O8/c1-29(2)23-35(46(75)67-38(24-30(3)4)40(69)25-32(6)43(52)72)28-42(71)37(17-12-22-64-50(59)60)66-45(74)34(15-10-20-62-48(55)56)27-41(70)36(16-11-21-63-49(57)58)65-44(73)33(14-7-8-18-51)26-39(68)31(5)13-9-19-61-47(53)54/h29-38H,7-28,51H2,1-6H3,(H2,52,72)(H,65,73)(H,66,74)(H,67,75)(H4,53,54,61)(H4,55,56,62)(H4,57,58,63)(H4,59,60,64)/t31-,32+,33+,34+,35+,36-,37-,38-/m0/s1. The van der Waals surface area contributed by atoms with E-state index in [-0.39, 0.29) is 138 Å². The highest BCUT2D eigenvalue weighted by molar-refractivity contribution is 5.97. The molecule has 0 rings (SSSR count). The van der Waals surface area contributed by atoms with Crippen molar-refractivity contribution in [2.75, 3.05) is 32.7 Å². The Balaban J connectivity index is 7.06. The van der Waals surface area contributed by atoms with Crippen LogP contribution in [0.15, 0.2) is 20.0 Å². The van der Waals surface area contributed by atoms with Gasteiger partial charge in [0.1, 0.15) is 5.78 Å². The molecule has 0 aromatic heterocycles. The number of nitrogens with zero attached hydrogens (tertiary/aromatic N) is 4. The van der Waals surface area contributed by atoms with Crippen molar-refractivity contribution in [3.63, 3.8) is 0 Å². The highest BCUT2D eigenvalue weighted by atomic mass is 16.2. The van der Waals surface area contributed by atoms with E-state index in [9.17, 15) is 38.4 Å². The van der Waals surface area contributed by atoms with Crippen molar-refractivity contribution in [2.24, 2.45) is 119 Å². The van der Waals surface area contributed by atoms with Crippen molar-refractivity contribution in [3.8, 4) is 0 Å². The summed E-state index contributed by atoms with van der Waals surface area (Å²) in [7, 11) is 0. The maximum atomic E-state index is 14.5. The Morgan fingerprint density at radius 1 is 0.373 bits per heavy atom. The number of primary amides is 1. The Morgan fingerprint density at radius 3 is 1.12 bits per heavy atom. The molecule has 0 bridgehead atoms. The van der Waals surface area contributed by atoms with Crippen molar-refractivity contribution in [1.29, 1.82) is 0 Å². The fourth-order valence-corrected chi connectivity index (χ4v) is 8.36. The molecular formula is C50H95N17O8. The second-order valence-electron chi connectivity index (χ2n) is 20.5. The molecule has 0 aromatic rings. The van der Waals surface area contributed by atoms with Crippen molar-refractivity contribution in [3.05, 3.63) is 0 Å². The molecular weight excluding hydrogens is 967 g/mol. The van der Waals surface area contributed by atoms with Crippen LogP contribution in [0.1, 0.15) is 151 Å². The highest BCUT2D eigenvalue weighted by Gasteiger charge is 2.35. The number of carbonyl (C=O) groups excluding carboxylic acids is 8. The van der Waals surface area contributed by atoms with Crippen LogP contribution in [0.2, 0.25) is 0 Å². The number of nitrogens with two attached hydrogens (primary N) is 10. The number of nitrogens with one attached hydrogen (secondary N) is 3. The Hall–Kier alpha value is -6.40. The summed E-state index contributed by atoms with van der Waals surface area (Å²) in [6, 6.07) is -3.25. The molecule has 0 aromatic carbocycles. The quantitative estimate of drug-likeness (QED) is 0.0204. The van der Waals surface area contributed by atoms with E-state index in [4.69, 9.17) is 57.3 Å². The molecule has 0 fully saturated rings. The molecule has 4 amide bonds. The number of ketones is 4. The first-order valence-corrected chi connectivity index (χ1v) is 26.4. The van der Waals surface area contributed by atoms with Crippen LogP contribution in [-0.2, 0) is 38.4 Å². The Labute approximate surface area is 444 Å². The number of hydrogen-bond donors (Lipinski definition) is 13. The number of unbranched alkanes of at least 4 members (excludes halogenated alkanes) is 1. The zero-order valence-electron chi connectivity index (χ0n) is 45.7. The second-order valence-corrected chi connectivity index (χ2v) is 20.5. The fourth-order valence-electron chi connectivity index (χ4n) is 8.36. The average Bonchev–Trinajstić information content (AvgIpc) is 3.31. The summed E-state index contributed by atoms with van der Waals surface area (Å²) >= 11 is 0. The van der Waals surface area contributed by atoms with Crippen molar-refractivity contribution in [1.82, 2.24) is 16.0 Å². The molecule has 0 aliphatic heterocycles. The van der Waals surface area contributed by atoms with E-state index in [1.165, 1.54) is 6.92 Å². The minimum atomic E-state index is -1.18. The van der Waals surface area contributed by atoms with Gasteiger partial charge in [-0.25, -0.2) is 0 Å². The van der Waals surface area contributed by atoms with Gasteiger partial charge in [0.15, 0.2) is 41.2 Å². The maximum absolute atomic E-state index is 14.5. The van der Waals surface area contributed by atoms with E-state index >= 15 is 0 Å². The second kappa shape index (κ2) is 38.2. The van der Waals surface area contributed by atoms with Crippen LogP contribution in [0, 0.1) is 41.4 Å². The van der Waals surface area contributed by atoms with E-state index in [0.717, 1.165) is 0 Å². The molecule has 0 spiro atoms. The van der Waals surface area contributed by atoms with Gasteiger partial charge in [-0.1, -0.05) is 48.0 Å². The Morgan fingerprint density at radius 2 is 0.720 bits per heavy atom. The van der Waals surface area contributed by atoms with Gasteiger partial charge >= 0.3 is 0 Å². The number of rotatable bonds is 43. The molecule has 8 atom stereocenters. The van der Waals surface area contributed by atoms with Crippen LogP contribution in [-0.4, -0.2) is 121 Å². The Kier molecular flexibility index (Phi) is 34.9. The minimum Gasteiger partial charge on any atom is -0.370 e. The Bertz CT molecular complexity index is 1930. The molecule has 25 heteroatoms. The smallest absolute Gasteiger partial charge is 0.224 e. The summed E-state index contributed by atoms with van der Waals surface area (Å²) in [6.07, 6.45) is 3.03. The SMILES string of the molecule is CC(C)C[C@H](CC(=O)[C@H](CCCN=C(N)N)NC(=O)[C@H](CCCN=C(N)N)CC(=O)[C@H](CCCN=C(N)N)NC(=O)[C@H](CCCCN)CC(=O)[C@@H](C)CCCN=C(N)N)C(=O)N[C@@H](CC(C)C)C(=O)C[C@@H](C)C(N)=O. The largest absolute Gasteiger partial charge is 0.370 e. The van der Waals surface area contributed by atoms with Crippen LogP contribution >= 0.6 is 0 Å². The summed E-state index contributed by atoms with van der Waals surface area (Å²) in [5, 5.41) is 8.58. The highest BCUT2D eigenvalue weighted by Crippen LogP contribution is 2.24. The minimum absolute atomic E-state index is 0.0124.